The summed E-state index contributed by atoms with van der Waals surface area (Å²) in [5, 5.41) is 8.18. The molecule has 0 radical (unpaired) electrons. The first kappa shape index (κ1) is 16.1. The molecule has 0 aromatic heterocycles. The molecule has 22 heavy (non-hydrogen) atoms. The lowest BCUT2D eigenvalue weighted by Crippen LogP contribution is -2.51. The Morgan fingerprint density at radius 1 is 1.27 bits per heavy atom. The van der Waals surface area contributed by atoms with Crippen LogP contribution in [0.5, 0.6) is 5.75 Å². The van der Waals surface area contributed by atoms with Gasteiger partial charge in [-0.05, 0) is 51.5 Å². The van der Waals surface area contributed by atoms with Crippen LogP contribution >= 0.6 is 0 Å². The molecule has 6 nitrogen and oxygen atoms in total. The monoisotopic (exact) mass is 305 g/mol. The van der Waals surface area contributed by atoms with E-state index < -0.39 is 12.1 Å². The van der Waals surface area contributed by atoms with Crippen molar-refractivity contribution in [3.8, 4) is 5.75 Å². The lowest BCUT2D eigenvalue weighted by Gasteiger charge is -2.23. The van der Waals surface area contributed by atoms with Gasteiger partial charge in [0.25, 0.3) is 0 Å². The highest BCUT2D eigenvalue weighted by molar-refractivity contribution is 5.93. The standard InChI is InChI=1S/C16H23N3O3/c1-10(14(20)19-16(2,3)4)17-15(21)18-12-5-6-13-11(9-12)7-8-22-13/h5-6,9-10H,7-8H2,1-4H3,(H,19,20)(H2,17,18,21)/t10-/m0/s1. The van der Waals surface area contributed by atoms with Crippen molar-refractivity contribution in [3.05, 3.63) is 23.8 Å². The summed E-state index contributed by atoms with van der Waals surface area (Å²) in [6, 6.07) is 4.49. The number of benzene rings is 1. The van der Waals surface area contributed by atoms with Crippen molar-refractivity contribution in [3.63, 3.8) is 0 Å². The molecule has 0 spiro atoms. The molecule has 0 unspecified atom stereocenters. The second-order valence-electron chi connectivity index (χ2n) is 6.48. The fraction of sp³-hybridized carbons (Fsp3) is 0.500. The number of urea groups is 1. The van der Waals surface area contributed by atoms with E-state index in [1.54, 1.807) is 13.0 Å². The van der Waals surface area contributed by atoms with Gasteiger partial charge in [-0.3, -0.25) is 4.79 Å². The first-order chi connectivity index (χ1) is 10.2. The van der Waals surface area contributed by atoms with Crippen LogP contribution in [0.1, 0.15) is 33.3 Å². The summed E-state index contributed by atoms with van der Waals surface area (Å²) in [4.78, 5) is 23.9. The lowest BCUT2D eigenvalue weighted by atomic mass is 10.1. The van der Waals surface area contributed by atoms with E-state index in [9.17, 15) is 9.59 Å². The van der Waals surface area contributed by atoms with Gasteiger partial charge in [0.2, 0.25) is 5.91 Å². The Kier molecular flexibility index (Phi) is 4.59. The Morgan fingerprint density at radius 2 is 2.00 bits per heavy atom. The third kappa shape index (κ3) is 4.38. The van der Waals surface area contributed by atoms with Gasteiger partial charge >= 0.3 is 6.03 Å². The minimum atomic E-state index is -0.614. The number of nitrogens with one attached hydrogen (secondary N) is 3. The number of anilines is 1. The highest BCUT2D eigenvalue weighted by Gasteiger charge is 2.21. The minimum absolute atomic E-state index is 0.218. The van der Waals surface area contributed by atoms with Crippen molar-refractivity contribution < 1.29 is 14.3 Å². The Bertz CT molecular complexity index is 578. The van der Waals surface area contributed by atoms with Crippen LogP contribution in [0.4, 0.5) is 10.5 Å². The van der Waals surface area contributed by atoms with Gasteiger partial charge in [-0.15, -0.1) is 0 Å². The molecule has 1 aromatic rings. The maximum absolute atomic E-state index is 12.0. The summed E-state index contributed by atoms with van der Waals surface area (Å²) in [6.45, 7) is 8.01. The molecule has 3 amide bonds. The second-order valence-corrected chi connectivity index (χ2v) is 6.48. The molecular weight excluding hydrogens is 282 g/mol. The van der Waals surface area contributed by atoms with Crippen molar-refractivity contribution in [1.29, 1.82) is 0 Å². The summed E-state index contributed by atoms with van der Waals surface area (Å²) < 4.78 is 5.42. The molecular formula is C16H23N3O3. The van der Waals surface area contributed by atoms with E-state index in [4.69, 9.17) is 4.74 Å². The molecule has 0 saturated heterocycles. The average molecular weight is 305 g/mol. The zero-order valence-corrected chi connectivity index (χ0v) is 13.4. The summed E-state index contributed by atoms with van der Waals surface area (Å²) in [5.74, 6) is 0.647. The van der Waals surface area contributed by atoms with E-state index >= 15 is 0 Å². The minimum Gasteiger partial charge on any atom is -0.493 e. The first-order valence-electron chi connectivity index (χ1n) is 7.40. The first-order valence-corrected chi connectivity index (χ1v) is 7.40. The molecule has 0 fully saturated rings. The number of ether oxygens (including phenoxy) is 1. The van der Waals surface area contributed by atoms with Gasteiger partial charge in [-0.25, -0.2) is 4.79 Å². The van der Waals surface area contributed by atoms with Crippen LogP contribution in [0.3, 0.4) is 0 Å². The number of hydrogen-bond donors (Lipinski definition) is 3. The molecule has 0 bridgehead atoms. The molecule has 1 heterocycles. The Balaban J connectivity index is 1.88. The average Bonchev–Trinajstić information content (AvgIpc) is 2.83. The number of hydrogen-bond acceptors (Lipinski definition) is 3. The zero-order valence-electron chi connectivity index (χ0n) is 13.4. The molecule has 1 aliphatic heterocycles. The van der Waals surface area contributed by atoms with E-state index in [0.717, 1.165) is 17.7 Å². The number of carbonyl (C=O) groups excluding carboxylic acids is 2. The molecule has 2 rings (SSSR count). The van der Waals surface area contributed by atoms with Crippen molar-refractivity contribution in [2.45, 2.75) is 45.7 Å². The number of carbonyl (C=O) groups is 2. The summed E-state index contributed by atoms with van der Waals surface area (Å²) >= 11 is 0. The fourth-order valence-electron chi connectivity index (χ4n) is 2.17. The number of fused-ring (bicyclic) bond motifs is 1. The Hall–Kier alpha value is -2.24. The Morgan fingerprint density at radius 3 is 2.68 bits per heavy atom. The topological polar surface area (TPSA) is 79.5 Å². The maximum Gasteiger partial charge on any atom is 0.319 e. The molecule has 3 N–H and O–H groups in total. The summed E-state index contributed by atoms with van der Waals surface area (Å²) in [7, 11) is 0. The quantitative estimate of drug-likeness (QED) is 0.799. The van der Waals surface area contributed by atoms with Crippen molar-refractivity contribution in [2.75, 3.05) is 11.9 Å². The van der Waals surface area contributed by atoms with Crippen LogP contribution in [0.25, 0.3) is 0 Å². The van der Waals surface area contributed by atoms with Crippen LogP contribution in [-0.2, 0) is 11.2 Å². The van der Waals surface area contributed by atoms with Crippen LogP contribution in [0.15, 0.2) is 18.2 Å². The van der Waals surface area contributed by atoms with Crippen molar-refractivity contribution in [1.82, 2.24) is 10.6 Å². The smallest absolute Gasteiger partial charge is 0.319 e. The molecule has 0 aliphatic carbocycles. The highest BCUT2D eigenvalue weighted by atomic mass is 16.5. The Labute approximate surface area is 130 Å². The lowest BCUT2D eigenvalue weighted by molar-refractivity contribution is -0.123. The number of rotatable bonds is 3. The highest BCUT2D eigenvalue weighted by Crippen LogP contribution is 2.27. The molecule has 6 heteroatoms. The van der Waals surface area contributed by atoms with Crippen LogP contribution < -0.4 is 20.7 Å². The van der Waals surface area contributed by atoms with Crippen LogP contribution in [0.2, 0.25) is 0 Å². The van der Waals surface area contributed by atoms with Gasteiger partial charge in [-0.1, -0.05) is 0 Å². The van der Waals surface area contributed by atoms with Gasteiger partial charge in [0.1, 0.15) is 11.8 Å². The zero-order chi connectivity index (χ0) is 16.3. The van der Waals surface area contributed by atoms with E-state index in [1.807, 2.05) is 32.9 Å². The third-order valence-electron chi connectivity index (χ3n) is 3.19. The summed E-state index contributed by atoms with van der Waals surface area (Å²) in [6.07, 6.45) is 0.844. The van der Waals surface area contributed by atoms with E-state index in [-0.39, 0.29) is 11.4 Å². The van der Waals surface area contributed by atoms with E-state index in [1.165, 1.54) is 0 Å². The summed E-state index contributed by atoms with van der Waals surface area (Å²) in [5.41, 5.74) is 1.44. The SMILES string of the molecule is C[C@H](NC(=O)Nc1ccc2c(c1)CCO2)C(=O)NC(C)(C)C. The molecule has 0 saturated carbocycles. The van der Waals surface area contributed by atoms with Gasteiger partial charge < -0.3 is 20.7 Å². The fourth-order valence-corrected chi connectivity index (χ4v) is 2.17. The molecule has 1 aliphatic rings. The maximum atomic E-state index is 12.0. The van der Waals surface area contributed by atoms with Crippen LogP contribution in [-0.4, -0.2) is 30.1 Å². The van der Waals surface area contributed by atoms with Gasteiger partial charge in [0.05, 0.1) is 6.61 Å². The third-order valence-corrected chi connectivity index (χ3v) is 3.19. The van der Waals surface area contributed by atoms with Crippen molar-refractivity contribution in [2.24, 2.45) is 0 Å². The van der Waals surface area contributed by atoms with Gasteiger partial charge in [0.15, 0.2) is 0 Å². The van der Waals surface area contributed by atoms with Crippen LogP contribution in [0, 0.1) is 0 Å². The van der Waals surface area contributed by atoms with E-state index in [0.29, 0.717) is 12.3 Å². The normalized spacial score (nSPS) is 14.5. The van der Waals surface area contributed by atoms with E-state index in [2.05, 4.69) is 16.0 Å². The predicted molar refractivity (Wildman–Crippen MR) is 85.2 cm³/mol. The number of amides is 3. The largest absolute Gasteiger partial charge is 0.493 e. The predicted octanol–water partition coefficient (Wildman–Crippen LogP) is 2.05. The molecule has 120 valence electrons. The molecule has 1 atom stereocenters. The molecule has 1 aromatic carbocycles. The van der Waals surface area contributed by atoms with Gasteiger partial charge in [-0.2, -0.15) is 0 Å². The van der Waals surface area contributed by atoms with Crippen molar-refractivity contribution >= 4 is 17.6 Å². The second kappa shape index (κ2) is 6.25. The van der Waals surface area contributed by atoms with Gasteiger partial charge in [0, 0.05) is 17.6 Å².